The summed E-state index contributed by atoms with van der Waals surface area (Å²) >= 11 is 0. The molecule has 7 heteroatoms. The molecular weight excluding hydrogens is 472 g/mol. The largest absolute Gasteiger partial charge is 0.481 e. The molecule has 0 amide bonds. The van der Waals surface area contributed by atoms with Crippen LogP contribution in [0.3, 0.4) is 0 Å². The van der Waals surface area contributed by atoms with Gasteiger partial charge in [0.1, 0.15) is 0 Å². The minimum atomic E-state index is -1.05. The molecule has 0 spiro atoms. The molecule has 10 atom stereocenters. The average molecular weight is 515 g/mol. The minimum absolute atomic E-state index is 0.142. The van der Waals surface area contributed by atoms with E-state index in [2.05, 4.69) is 27.7 Å². The van der Waals surface area contributed by atoms with Gasteiger partial charge in [-0.15, -0.1) is 0 Å². The fourth-order valence-electron chi connectivity index (χ4n) is 8.68. The van der Waals surface area contributed by atoms with Crippen LogP contribution in [0, 0.1) is 71.0 Å². The standard InChI is InChI=1S/C30H42O7/c1-11(2)17-9-19-13(5)15(7)21(17)25(27(31)32)23(19)29(35)37-30(36)24-20-10-18(12(3)4)22(16(8)14(20)6)26(24)28(33)34/h11-12,17-26H,9-10H2,1-8H3,(H,31,32)(H,33,34). The fourth-order valence-corrected chi connectivity index (χ4v) is 8.68. The van der Waals surface area contributed by atoms with Crippen LogP contribution in [0.5, 0.6) is 0 Å². The van der Waals surface area contributed by atoms with Gasteiger partial charge in [0.05, 0.1) is 23.7 Å². The Kier molecular flexibility index (Phi) is 7.23. The molecule has 7 nitrogen and oxygen atoms in total. The number of ether oxygens (including phenoxy) is 1. The molecule has 6 aliphatic rings. The average Bonchev–Trinajstić information content (AvgIpc) is 2.82. The Hall–Kier alpha value is -2.44. The van der Waals surface area contributed by atoms with E-state index in [1.54, 1.807) is 0 Å². The fraction of sp³-hybridized carbons (Fsp3) is 0.733. The molecule has 6 aliphatic carbocycles. The van der Waals surface area contributed by atoms with Crippen molar-refractivity contribution in [3.63, 3.8) is 0 Å². The molecule has 0 aromatic carbocycles. The Morgan fingerprint density at radius 2 is 0.946 bits per heavy atom. The summed E-state index contributed by atoms with van der Waals surface area (Å²) in [5.74, 6) is -7.89. The quantitative estimate of drug-likeness (QED) is 0.284. The minimum Gasteiger partial charge on any atom is -0.481 e. The highest BCUT2D eigenvalue weighted by Gasteiger charge is 2.60. The van der Waals surface area contributed by atoms with Crippen molar-refractivity contribution in [2.75, 3.05) is 0 Å². The first kappa shape index (κ1) is 27.6. The van der Waals surface area contributed by atoms with E-state index in [0.29, 0.717) is 12.8 Å². The number of carboxylic acid groups (broad SMARTS) is 2. The zero-order valence-electron chi connectivity index (χ0n) is 23.3. The van der Waals surface area contributed by atoms with Gasteiger partial charge in [0.25, 0.3) is 0 Å². The lowest BCUT2D eigenvalue weighted by atomic mass is 9.50. The van der Waals surface area contributed by atoms with E-state index in [-0.39, 0.29) is 47.3 Å². The van der Waals surface area contributed by atoms with Crippen LogP contribution in [0.4, 0.5) is 0 Å². The molecule has 0 radical (unpaired) electrons. The van der Waals surface area contributed by atoms with E-state index >= 15 is 0 Å². The number of carboxylic acids is 2. The highest BCUT2D eigenvalue weighted by atomic mass is 16.6. The zero-order valence-corrected chi connectivity index (χ0v) is 23.3. The van der Waals surface area contributed by atoms with Crippen molar-refractivity contribution in [1.82, 2.24) is 0 Å². The normalized spacial score (nSPS) is 39.0. The summed E-state index contributed by atoms with van der Waals surface area (Å²) < 4.78 is 5.50. The Morgan fingerprint density at radius 1 is 0.622 bits per heavy atom. The number of esters is 2. The first-order valence-corrected chi connectivity index (χ1v) is 13.8. The monoisotopic (exact) mass is 514 g/mol. The number of aliphatic carboxylic acids is 2. The van der Waals surface area contributed by atoms with Crippen molar-refractivity contribution < 1.29 is 34.1 Å². The molecule has 0 aromatic rings. The maximum absolute atomic E-state index is 13.6. The van der Waals surface area contributed by atoms with Crippen molar-refractivity contribution in [3.8, 4) is 0 Å². The number of carbonyl (C=O) groups is 4. The number of fused-ring (bicyclic) bond motifs is 4. The molecular formula is C30H42O7. The van der Waals surface area contributed by atoms with Crippen molar-refractivity contribution >= 4 is 23.9 Å². The number of rotatable bonds is 6. The van der Waals surface area contributed by atoms with Gasteiger partial charge in [-0.1, -0.05) is 50.0 Å². The molecule has 0 saturated heterocycles. The first-order valence-electron chi connectivity index (χ1n) is 13.8. The Balaban J connectivity index is 1.65. The third kappa shape index (κ3) is 4.17. The summed E-state index contributed by atoms with van der Waals surface area (Å²) in [5.41, 5.74) is 4.10. The van der Waals surface area contributed by atoms with E-state index in [9.17, 15) is 29.4 Å². The second-order valence-electron chi connectivity index (χ2n) is 12.8. The topological polar surface area (TPSA) is 118 Å². The van der Waals surface area contributed by atoms with E-state index in [1.165, 1.54) is 0 Å². The van der Waals surface area contributed by atoms with Gasteiger partial charge in [-0.2, -0.15) is 0 Å². The van der Waals surface area contributed by atoms with Crippen LogP contribution in [0.1, 0.15) is 68.2 Å². The molecule has 0 heterocycles. The van der Waals surface area contributed by atoms with Gasteiger partial charge in [-0.3, -0.25) is 19.2 Å². The maximum atomic E-state index is 13.6. The smallest absolute Gasteiger partial charge is 0.318 e. The van der Waals surface area contributed by atoms with Crippen LogP contribution in [-0.4, -0.2) is 34.1 Å². The van der Waals surface area contributed by atoms with E-state index < -0.39 is 47.5 Å². The van der Waals surface area contributed by atoms with Crippen LogP contribution in [0.15, 0.2) is 22.3 Å². The number of allylic oxidation sites excluding steroid dienone is 4. The molecule has 0 aliphatic heterocycles. The van der Waals surface area contributed by atoms with Crippen molar-refractivity contribution in [3.05, 3.63) is 22.3 Å². The third-order valence-electron chi connectivity index (χ3n) is 10.8. The van der Waals surface area contributed by atoms with E-state index in [4.69, 9.17) is 4.74 Å². The van der Waals surface area contributed by atoms with Crippen molar-refractivity contribution in [1.29, 1.82) is 0 Å². The van der Waals surface area contributed by atoms with Crippen molar-refractivity contribution in [2.45, 2.75) is 68.2 Å². The molecule has 37 heavy (non-hydrogen) atoms. The predicted octanol–water partition coefficient (Wildman–Crippen LogP) is 5.21. The molecule has 0 aromatic heterocycles. The van der Waals surface area contributed by atoms with Gasteiger partial charge in [-0.05, 0) is 87.9 Å². The van der Waals surface area contributed by atoms with Crippen molar-refractivity contribution in [2.24, 2.45) is 71.0 Å². The molecule has 4 bridgehead atoms. The highest BCUT2D eigenvalue weighted by Crippen LogP contribution is 2.58. The summed E-state index contributed by atoms with van der Waals surface area (Å²) in [6.07, 6.45) is 1.37. The number of carbonyl (C=O) groups excluding carboxylic acids is 2. The molecule has 6 rings (SSSR count). The molecule has 204 valence electrons. The summed E-state index contributed by atoms with van der Waals surface area (Å²) in [5, 5.41) is 20.4. The Bertz CT molecular complexity index is 995. The number of hydrogen-bond donors (Lipinski definition) is 2. The third-order valence-corrected chi connectivity index (χ3v) is 10.8. The molecule has 2 N–H and O–H groups in total. The van der Waals surface area contributed by atoms with Gasteiger partial charge >= 0.3 is 23.9 Å². The summed E-state index contributed by atoms with van der Waals surface area (Å²) in [4.78, 5) is 52.2. The van der Waals surface area contributed by atoms with Gasteiger partial charge in [-0.25, -0.2) is 0 Å². The van der Waals surface area contributed by atoms with E-state index in [1.807, 2.05) is 27.7 Å². The second-order valence-corrected chi connectivity index (χ2v) is 12.8. The maximum Gasteiger partial charge on any atom is 0.318 e. The van der Waals surface area contributed by atoms with Crippen LogP contribution < -0.4 is 0 Å². The summed E-state index contributed by atoms with van der Waals surface area (Å²) in [6.45, 7) is 16.1. The van der Waals surface area contributed by atoms with Gasteiger partial charge in [0, 0.05) is 0 Å². The van der Waals surface area contributed by atoms with Crippen LogP contribution in [0.25, 0.3) is 0 Å². The van der Waals surface area contributed by atoms with E-state index in [0.717, 1.165) is 22.3 Å². The highest BCUT2D eigenvalue weighted by molar-refractivity contribution is 5.93. The Morgan fingerprint density at radius 3 is 1.22 bits per heavy atom. The SMILES string of the molecule is CC1=C(C)C2C(C(C)C)CC1C(C(=O)OC(=O)C1C3CC(C(C)C)C(C(C)=C3C)C1C(=O)O)C2C(=O)O. The first-order chi connectivity index (χ1) is 17.2. The summed E-state index contributed by atoms with van der Waals surface area (Å²) in [6, 6.07) is 0. The summed E-state index contributed by atoms with van der Waals surface area (Å²) in [7, 11) is 0. The Labute approximate surface area is 219 Å². The molecule has 2 fully saturated rings. The predicted molar refractivity (Wildman–Crippen MR) is 137 cm³/mol. The van der Waals surface area contributed by atoms with Gasteiger partial charge in [0.15, 0.2) is 0 Å². The molecule has 10 unspecified atom stereocenters. The second kappa shape index (κ2) is 9.70. The van der Waals surface area contributed by atoms with Crippen LogP contribution >= 0.6 is 0 Å². The van der Waals surface area contributed by atoms with Crippen LogP contribution in [0.2, 0.25) is 0 Å². The van der Waals surface area contributed by atoms with Gasteiger partial charge in [0.2, 0.25) is 0 Å². The lowest BCUT2D eigenvalue weighted by Gasteiger charge is -2.53. The van der Waals surface area contributed by atoms with Crippen LogP contribution in [-0.2, 0) is 23.9 Å². The van der Waals surface area contributed by atoms with Gasteiger partial charge < -0.3 is 14.9 Å². The number of hydrogen-bond acceptors (Lipinski definition) is 5. The lowest BCUT2D eigenvalue weighted by Crippen LogP contribution is -2.55. The molecule has 2 saturated carbocycles. The lowest BCUT2D eigenvalue weighted by molar-refractivity contribution is -0.182. The zero-order chi connectivity index (χ0) is 27.7.